The lowest BCUT2D eigenvalue weighted by molar-refractivity contribution is 0.105. The number of aryl methyl sites for hydroxylation is 1. The van der Waals surface area contributed by atoms with Crippen molar-refractivity contribution in [2.75, 3.05) is 5.43 Å². The van der Waals surface area contributed by atoms with Crippen molar-refractivity contribution in [1.29, 1.82) is 5.26 Å². The van der Waals surface area contributed by atoms with E-state index in [1.165, 1.54) is 0 Å². The summed E-state index contributed by atoms with van der Waals surface area (Å²) >= 11 is 5.81. The molecule has 1 aromatic heterocycles. The van der Waals surface area contributed by atoms with Gasteiger partial charge in [-0.25, -0.2) is 0 Å². The van der Waals surface area contributed by atoms with Crippen molar-refractivity contribution in [1.82, 2.24) is 9.78 Å². The predicted octanol–water partition coefficient (Wildman–Crippen LogP) is 3.77. The van der Waals surface area contributed by atoms with Crippen LogP contribution in [0.1, 0.15) is 37.0 Å². The SMILES string of the molecule is Cc1cc(C(=O)C(C#N)=NNc2ccc(Cl)cc2)n(C(C)(C)C)n1. The number of hydrazone groups is 1. The lowest BCUT2D eigenvalue weighted by Gasteiger charge is -2.21. The highest BCUT2D eigenvalue weighted by Gasteiger charge is 2.25. The van der Waals surface area contributed by atoms with E-state index in [4.69, 9.17) is 11.6 Å². The van der Waals surface area contributed by atoms with Crippen molar-refractivity contribution in [2.45, 2.75) is 33.2 Å². The van der Waals surface area contributed by atoms with E-state index in [1.807, 2.05) is 26.8 Å². The first kappa shape index (κ1) is 17.7. The average molecular weight is 344 g/mol. The molecule has 0 aliphatic rings. The minimum atomic E-state index is -0.477. The van der Waals surface area contributed by atoms with Crippen LogP contribution in [0.25, 0.3) is 0 Å². The van der Waals surface area contributed by atoms with Gasteiger partial charge in [0, 0.05) is 5.02 Å². The fourth-order valence-corrected chi connectivity index (χ4v) is 2.19. The third-order valence-electron chi connectivity index (χ3n) is 3.16. The summed E-state index contributed by atoms with van der Waals surface area (Å²) in [4.78, 5) is 12.7. The Kier molecular flexibility index (Phi) is 5.05. The summed E-state index contributed by atoms with van der Waals surface area (Å²) < 4.78 is 1.61. The number of hydrogen-bond acceptors (Lipinski definition) is 5. The maximum Gasteiger partial charge on any atom is 0.241 e. The molecular weight excluding hydrogens is 326 g/mol. The molecule has 0 aliphatic heterocycles. The van der Waals surface area contributed by atoms with E-state index in [2.05, 4.69) is 15.6 Å². The van der Waals surface area contributed by atoms with Gasteiger partial charge >= 0.3 is 0 Å². The first-order valence-corrected chi connectivity index (χ1v) is 7.71. The molecule has 7 heteroatoms. The number of benzene rings is 1. The molecule has 0 radical (unpaired) electrons. The van der Waals surface area contributed by atoms with Crippen molar-refractivity contribution in [3.8, 4) is 6.07 Å². The number of anilines is 1. The minimum Gasteiger partial charge on any atom is -0.284 e. The molecule has 0 amide bonds. The summed E-state index contributed by atoms with van der Waals surface area (Å²) in [5, 5.41) is 18.1. The molecule has 2 rings (SSSR count). The average Bonchev–Trinajstić information content (AvgIpc) is 2.91. The number of rotatable bonds is 4. The minimum absolute atomic E-state index is 0.240. The molecule has 0 bridgehead atoms. The Morgan fingerprint density at radius 2 is 1.96 bits per heavy atom. The van der Waals surface area contributed by atoms with E-state index in [0.717, 1.165) is 0 Å². The number of nitriles is 1. The quantitative estimate of drug-likeness (QED) is 0.520. The maximum atomic E-state index is 12.7. The van der Waals surface area contributed by atoms with Crippen LogP contribution in [0.5, 0.6) is 0 Å². The van der Waals surface area contributed by atoms with E-state index in [-0.39, 0.29) is 11.3 Å². The number of nitrogens with zero attached hydrogens (tertiary/aromatic N) is 4. The Balaban J connectivity index is 2.31. The fourth-order valence-electron chi connectivity index (χ4n) is 2.07. The van der Waals surface area contributed by atoms with Crippen LogP contribution in [0, 0.1) is 18.3 Å². The normalized spacial score (nSPS) is 11.9. The van der Waals surface area contributed by atoms with Crippen LogP contribution in [-0.4, -0.2) is 21.3 Å². The molecule has 0 fully saturated rings. The van der Waals surface area contributed by atoms with Gasteiger partial charge in [0.2, 0.25) is 11.5 Å². The number of hydrogen-bond donors (Lipinski definition) is 1. The molecule has 6 nitrogen and oxygen atoms in total. The Labute approximate surface area is 145 Å². The van der Waals surface area contributed by atoms with Gasteiger partial charge in [0.15, 0.2) is 0 Å². The van der Waals surface area contributed by atoms with Gasteiger partial charge in [-0.3, -0.25) is 14.9 Å². The highest BCUT2D eigenvalue weighted by molar-refractivity contribution is 6.51. The van der Waals surface area contributed by atoms with Crippen molar-refractivity contribution in [2.24, 2.45) is 5.10 Å². The third-order valence-corrected chi connectivity index (χ3v) is 3.41. The smallest absolute Gasteiger partial charge is 0.241 e. The molecule has 1 N–H and O–H groups in total. The van der Waals surface area contributed by atoms with Gasteiger partial charge in [-0.05, 0) is 58.0 Å². The monoisotopic (exact) mass is 343 g/mol. The molecule has 0 aliphatic carbocycles. The zero-order valence-corrected chi connectivity index (χ0v) is 14.7. The summed E-state index contributed by atoms with van der Waals surface area (Å²) in [5.74, 6) is -0.477. The highest BCUT2D eigenvalue weighted by atomic mass is 35.5. The molecule has 0 spiro atoms. The van der Waals surface area contributed by atoms with Gasteiger partial charge < -0.3 is 0 Å². The van der Waals surface area contributed by atoms with Crippen molar-refractivity contribution in [3.63, 3.8) is 0 Å². The highest BCUT2D eigenvalue weighted by Crippen LogP contribution is 2.18. The molecule has 1 aromatic carbocycles. The Hall–Kier alpha value is -2.65. The predicted molar refractivity (Wildman–Crippen MR) is 94.4 cm³/mol. The largest absolute Gasteiger partial charge is 0.284 e. The van der Waals surface area contributed by atoms with Gasteiger partial charge in [0.25, 0.3) is 0 Å². The number of Topliss-reactive ketones (excluding diaryl/α,β-unsaturated/α-hetero) is 1. The lowest BCUT2D eigenvalue weighted by Crippen LogP contribution is -2.29. The van der Waals surface area contributed by atoms with Gasteiger partial charge in [-0.1, -0.05) is 11.6 Å². The number of carbonyl (C=O) groups excluding carboxylic acids is 1. The topological polar surface area (TPSA) is 83.1 Å². The van der Waals surface area contributed by atoms with Crippen LogP contribution in [0.3, 0.4) is 0 Å². The summed E-state index contributed by atoms with van der Waals surface area (Å²) in [6, 6.07) is 10.3. The molecule has 0 unspecified atom stereocenters. The second kappa shape index (κ2) is 6.85. The summed E-state index contributed by atoms with van der Waals surface area (Å²) in [6.45, 7) is 7.61. The lowest BCUT2D eigenvalue weighted by atomic mass is 10.1. The van der Waals surface area contributed by atoms with Crippen LogP contribution >= 0.6 is 11.6 Å². The summed E-state index contributed by atoms with van der Waals surface area (Å²) in [5.41, 5.74) is 3.73. The number of nitrogens with one attached hydrogen (secondary N) is 1. The molecule has 124 valence electrons. The zero-order valence-electron chi connectivity index (χ0n) is 14.0. The number of carbonyl (C=O) groups is 1. The first-order chi connectivity index (χ1) is 11.2. The number of halogens is 1. The van der Waals surface area contributed by atoms with Crippen LogP contribution < -0.4 is 5.43 Å². The molecular formula is C17H18ClN5O. The van der Waals surface area contributed by atoms with Gasteiger partial charge in [0.05, 0.1) is 16.9 Å². The van der Waals surface area contributed by atoms with E-state index in [0.29, 0.717) is 22.1 Å². The van der Waals surface area contributed by atoms with Crippen LogP contribution in [0.15, 0.2) is 35.4 Å². The van der Waals surface area contributed by atoms with Gasteiger partial charge in [-0.2, -0.15) is 15.5 Å². The van der Waals surface area contributed by atoms with E-state index < -0.39 is 5.78 Å². The third kappa shape index (κ3) is 4.00. The molecule has 2 aromatic rings. The first-order valence-electron chi connectivity index (χ1n) is 7.33. The van der Waals surface area contributed by atoms with Gasteiger partial charge in [0.1, 0.15) is 11.8 Å². The van der Waals surface area contributed by atoms with Gasteiger partial charge in [-0.15, -0.1) is 0 Å². The standard InChI is InChI=1S/C17H18ClN5O/c1-11-9-15(23(22-11)17(2,3)4)16(24)14(10-19)21-20-13-7-5-12(18)6-8-13/h5-9,20H,1-4H3. The Morgan fingerprint density at radius 1 is 1.33 bits per heavy atom. The molecule has 24 heavy (non-hydrogen) atoms. The molecule has 0 atom stereocenters. The number of aromatic nitrogens is 2. The maximum absolute atomic E-state index is 12.7. The summed E-state index contributed by atoms with van der Waals surface area (Å²) in [7, 11) is 0. The summed E-state index contributed by atoms with van der Waals surface area (Å²) in [6.07, 6.45) is 0. The molecule has 1 heterocycles. The second-order valence-corrected chi connectivity index (χ2v) is 6.71. The zero-order chi connectivity index (χ0) is 17.9. The van der Waals surface area contributed by atoms with Crippen molar-refractivity contribution < 1.29 is 4.79 Å². The Bertz CT molecular complexity index is 822. The van der Waals surface area contributed by atoms with Crippen LogP contribution in [-0.2, 0) is 5.54 Å². The van der Waals surface area contributed by atoms with Crippen molar-refractivity contribution >= 4 is 28.8 Å². The number of ketones is 1. The second-order valence-electron chi connectivity index (χ2n) is 6.27. The molecule has 0 saturated carbocycles. The molecule has 0 saturated heterocycles. The van der Waals surface area contributed by atoms with Crippen molar-refractivity contribution in [3.05, 3.63) is 46.7 Å². The van der Waals surface area contributed by atoms with Crippen LogP contribution in [0.2, 0.25) is 5.02 Å². The van der Waals surface area contributed by atoms with E-state index in [9.17, 15) is 10.1 Å². The fraction of sp³-hybridized carbons (Fsp3) is 0.294. The van der Waals surface area contributed by atoms with E-state index >= 15 is 0 Å². The van der Waals surface area contributed by atoms with Crippen LogP contribution in [0.4, 0.5) is 5.69 Å². The Morgan fingerprint density at radius 3 is 2.50 bits per heavy atom. The van der Waals surface area contributed by atoms with E-state index in [1.54, 1.807) is 41.9 Å².